The van der Waals surface area contributed by atoms with E-state index in [-0.39, 0.29) is 0 Å². The molecular formula is C15H30N2. The van der Waals surface area contributed by atoms with Crippen LogP contribution in [0.1, 0.15) is 58.8 Å². The molecule has 0 radical (unpaired) electrons. The minimum atomic E-state index is 0.645. The van der Waals surface area contributed by atoms with Gasteiger partial charge in [0.05, 0.1) is 0 Å². The quantitative estimate of drug-likeness (QED) is 0.810. The molecule has 1 N–H and O–H groups in total. The summed E-state index contributed by atoms with van der Waals surface area (Å²) in [5.41, 5.74) is 0. The van der Waals surface area contributed by atoms with Crippen molar-refractivity contribution in [3.8, 4) is 0 Å². The number of nitrogens with one attached hydrogen (secondary N) is 1. The minimum absolute atomic E-state index is 0.645. The van der Waals surface area contributed by atoms with Crippen molar-refractivity contribution in [1.29, 1.82) is 0 Å². The first-order valence-corrected chi connectivity index (χ1v) is 7.73. The smallest absolute Gasteiger partial charge is 0.00952 e. The van der Waals surface area contributed by atoms with Gasteiger partial charge in [0.1, 0.15) is 0 Å². The van der Waals surface area contributed by atoms with Crippen LogP contribution in [0.5, 0.6) is 0 Å². The van der Waals surface area contributed by atoms with E-state index in [1.165, 1.54) is 64.6 Å². The minimum Gasteiger partial charge on any atom is -0.314 e. The number of hydrogen-bond donors (Lipinski definition) is 1. The summed E-state index contributed by atoms with van der Waals surface area (Å²) in [6, 6.07) is 1.58. The van der Waals surface area contributed by atoms with Crippen molar-refractivity contribution in [2.24, 2.45) is 5.92 Å². The average Bonchev–Trinajstić information content (AvgIpc) is 2.38. The van der Waals surface area contributed by atoms with Crippen LogP contribution in [0.25, 0.3) is 0 Å². The molecule has 2 nitrogen and oxygen atoms in total. The molecule has 0 atom stereocenters. The Labute approximate surface area is 107 Å². The van der Waals surface area contributed by atoms with Crippen molar-refractivity contribution >= 4 is 0 Å². The van der Waals surface area contributed by atoms with Gasteiger partial charge < -0.3 is 10.2 Å². The first-order valence-electron chi connectivity index (χ1n) is 7.73. The molecule has 2 aliphatic rings. The zero-order chi connectivity index (χ0) is 12.1. The molecule has 2 fully saturated rings. The summed E-state index contributed by atoms with van der Waals surface area (Å²) in [5.74, 6) is 0.928. The van der Waals surface area contributed by atoms with Gasteiger partial charge in [-0.15, -0.1) is 0 Å². The highest BCUT2D eigenvalue weighted by atomic mass is 15.2. The summed E-state index contributed by atoms with van der Waals surface area (Å²) >= 11 is 0. The van der Waals surface area contributed by atoms with Crippen LogP contribution in [0.3, 0.4) is 0 Å². The third-order valence-electron chi connectivity index (χ3n) is 4.55. The topological polar surface area (TPSA) is 15.3 Å². The Morgan fingerprint density at radius 1 is 1.00 bits per heavy atom. The Morgan fingerprint density at radius 3 is 2.24 bits per heavy atom. The molecular weight excluding hydrogens is 208 g/mol. The van der Waals surface area contributed by atoms with Gasteiger partial charge in [-0.25, -0.2) is 0 Å². The van der Waals surface area contributed by atoms with Crippen molar-refractivity contribution in [1.82, 2.24) is 10.2 Å². The maximum absolute atomic E-state index is 3.59. The predicted molar refractivity (Wildman–Crippen MR) is 74.3 cm³/mol. The molecule has 1 saturated heterocycles. The van der Waals surface area contributed by atoms with Gasteiger partial charge in [0.15, 0.2) is 0 Å². The second-order valence-corrected chi connectivity index (χ2v) is 6.33. The predicted octanol–water partition coefficient (Wildman–Crippen LogP) is 3.03. The summed E-state index contributed by atoms with van der Waals surface area (Å²) < 4.78 is 0. The standard InChI is InChI=1S/C15H30N2/c1-13(2)16-12-14-8-10-17(11-9-14)15-6-4-3-5-7-15/h13-16H,3-12H2,1-2H3. The van der Waals surface area contributed by atoms with E-state index >= 15 is 0 Å². The summed E-state index contributed by atoms with van der Waals surface area (Å²) in [5, 5.41) is 3.59. The zero-order valence-electron chi connectivity index (χ0n) is 11.8. The Balaban J connectivity index is 1.66. The van der Waals surface area contributed by atoms with E-state index in [1.54, 1.807) is 0 Å². The van der Waals surface area contributed by atoms with Crippen LogP contribution in [-0.4, -0.2) is 36.6 Å². The lowest BCUT2D eigenvalue weighted by Crippen LogP contribution is -2.44. The Hall–Kier alpha value is -0.0800. The molecule has 0 bridgehead atoms. The fourth-order valence-corrected chi connectivity index (χ4v) is 3.37. The van der Waals surface area contributed by atoms with Crippen LogP contribution < -0.4 is 5.32 Å². The lowest BCUT2D eigenvalue weighted by Gasteiger charge is -2.39. The monoisotopic (exact) mass is 238 g/mol. The number of rotatable bonds is 4. The van der Waals surface area contributed by atoms with Crippen molar-refractivity contribution in [3.63, 3.8) is 0 Å². The fraction of sp³-hybridized carbons (Fsp3) is 1.00. The molecule has 1 aliphatic carbocycles. The molecule has 2 rings (SSSR count). The van der Waals surface area contributed by atoms with Crippen molar-refractivity contribution in [2.45, 2.75) is 70.9 Å². The number of likely N-dealkylation sites (tertiary alicyclic amines) is 1. The van der Waals surface area contributed by atoms with Gasteiger partial charge in [0.25, 0.3) is 0 Å². The lowest BCUT2D eigenvalue weighted by molar-refractivity contribution is 0.106. The molecule has 0 spiro atoms. The van der Waals surface area contributed by atoms with Gasteiger partial charge in [-0.2, -0.15) is 0 Å². The zero-order valence-corrected chi connectivity index (χ0v) is 11.8. The molecule has 100 valence electrons. The van der Waals surface area contributed by atoms with Crippen molar-refractivity contribution in [2.75, 3.05) is 19.6 Å². The van der Waals surface area contributed by atoms with E-state index in [0.717, 1.165) is 12.0 Å². The molecule has 1 aliphatic heterocycles. The number of nitrogens with zero attached hydrogens (tertiary/aromatic N) is 1. The summed E-state index contributed by atoms with van der Waals surface area (Å²) in [7, 11) is 0. The van der Waals surface area contributed by atoms with Crippen molar-refractivity contribution in [3.05, 3.63) is 0 Å². The summed E-state index contributed by atoms with van der Waals surface area (Å²) in [4.78, 5) is 2.78. The van der Waals surface area contributed by atoms with Gasteiger partial charge >= 0.3 is 0 Å². The Bertz CT molecular complexity index is 201. The average molecular weight is 238 g/mol. The molecule has 0 aromatic heterocycles. The van der Waals surface area contributed by atoms with Crippen LogP contribution in [0.4, 0.5) is 0 Å². The molecule has 0 aromatic carbocycles. The lowest BCUT2D eigenvalue weighted by atomic mass is 9.90. The third kappa shape index (κ3) is 4.26. The second-order valence-electron chi connectivity index (χ2n) is 6.33. The normalized spacial score (nSPS) is 25.6. The van der Waals surface area contributed by atoms with E-state index in [1.807, 2.05) is 0 Å². The largest absolute Gasteiger partial charge is 0.314 e. The number of hydrogen-bond acceptors (Lipinski definition) is 2. The highest BCUT2D eigenvalue weighted by molar-refractivity contribution is 4.81. The maximum Gasteiger partial charge on any atom is 0.00952 e. The third-order valence-corrected chi connectivity index (χ3v) is 4.55. The first-order chi connectivity index (χ1) is 8.25. The van der Waals surface area contributed by atoms with E-state index in [2.05, 4.69) is 24.1 Å². The van der Waals surface area contributed by atoms with Gasteiger partial charge in [-0.1, -0.05) is 33.1 Å². The molecule has 0 amide bonds. The SMILES string of the molecule is CC(C)NCC1CCN(C2CCCCC2)CC1. The maximum atomic E-state index is 3.59. The van der Waals surface area contributed by atoms with E-state index in [0.29, 0.717) is 6.04 Å². The summed E-state index contributed by atoms with van der Waals surface area (Å²) in [6.07, 6.45) is 10.2. The van der Waals surface area contributed by atoms with E-state index in [9.17, 15) is 0 Å². The molecule has 1 heterocycles. The highest BCUT2D eigenvalue weighted by Gasteiger charge is 2.25. The molecule has 1 saturated carbocycles. The first kappa shape index (κ1) is 13.4. The van der Waals surface area contributed by atoms with E-state index < -0.39 is 0 Å². The highest BCUT2D eigenvalue weighted by Crippen LogP contribution is 2.26. The Kier molecular flexibility index (Phi) is 5.30. The van der Waals surface area contributed by atoms with Crippen LogP contribution in [-0.2, 0) is 0 Å². The fourth-order valence-electron chi connectivity index (χ4n) is 3.37. The van der Waals surface area contributed by atoms with Gasteiger partial charge in [-0.05, 0) is 51.2 Å². The molecule has 17 heavy (non-hydrogen) atoms. The van der Waals surface area contributed by atoms with Crippen LogP contribution in [0.15, 0.2) is 0 Å². The number of piperidine rings is 1. The second kappa shape index (κ2) is 6.75. The van der Waals surface area contributed by atoms with E-state index in [4.69, 9.17) is 0 Å². The molecule has 0 aromatic rings. The van der Waals surface area contributed by atoms with Crippen LogP contribution in [0.2, 0.25) is 0 Å². The van der Waals surface area contributed by atoms with Crippen molar-refractivity contribution < 1.29 is 0 Å². The Morgan fingerprint density at radius 2 is 1.65 bits per heavy atom. The molecule has 2 heteroatoms. The summed E-state index contributed by atoms with van der Waals surface area (Å²) in [6.45, 7) is 8.44. The van der Waals surface area contributed by atoms with Gasteiger partial charge in [-0.3, -0.25) is 0 Å². The van der Waals surface area contributed by atoms with Crippen LogP contribution >= 0.6 is 0 Å². The van der Waals surface area contributed by atoms with Gasteiger partial charge in [0, 0.05) is 12.1 Å². The van der Waals surface area contributed by atoms with Gasteiger partial charge in [0.2, 0.25) is 0 Å². The molecule has 0 unspecified atom stereocenters. The van der Waals surface area contributed by atoms with Crippen LogP contribution in [0, 0.1) is 5.92 Å².